The number of amides is 2. The molecule has 1 saturated heterocycles. The SMILES string of the molecule is CCOC(=O)c1c(C)[nH]c(C(=O)N2CCC(CC(=O)NC3CCCCCC3)CC2)c1C. The molecule has 7 heteroatoms. The molecule has 1 saturated carbocycles. The number of piperidine rings is 1. The minimum atomic E-state index is -0.397. The van der Waals surface area contributed by atoms with Gasteiger partial charge in [0.1, 0.15) is 5.69 Å². The Bertz CT molecular complexity index is 785. The molecular weight excluding hydrogens is 394 g/mol. The summed E-state index contributed by atoms with van der Waals surface area (Å²) in [7, 11) is 0. The molecule has 3 rings (SSSR count). The van der Waals surface area contributed by atoms with E-state index in [4.69, 9.17) is 4.74 Å². The van der Waals surface area contributed by atoms with E-state index in [1.54, 1.807) is 20.8 Å². The summed E-state index contributed by atoms with van der Waals surface area (Å²) < 4.78 is 5.12. The van der Waals surface area contributed by atoms with Gasteiger partial charge in [0.15, 0.2) is 0 Å². The van der Waals surface area contributed by atoms with E-state index in [0.717, 1.165) is 25.7 Å². The highest BCUT2D eigenvalue weighted by Gasteiger charge is 2.29. The smallest absolute Gasteiger partial charge is 0.340 e. The maximum atomic E-state index is 13.1. The Balaban J connectivity index is 1.51. The summed E-state index contributed by atoms with van der Waals surface area (Å²) in [6.07, 6.45) is 9.37. The molecule has 0 radical (unpaired) electrons. The number of likely N-dealkylation sites (tertiary alicyclic amines) is 1. The van der Waals surface area contributed by atoms with Crippen molar-refractivity contribution in [3.05, 3.63) is 22.5 Å². The normalized spacial score (nSPS) is 18.5. The second-order valence-electron chi connectivity index (χ2n) is 9.04. The van der Waals surface area contributed by atoms with Crippen LogP contribution in [0.1, 0.15) is 96.8 Å². The van der Waals surface area contributed by atoms with E-state index in [9.17, 15) is 14.4 Å². The van der Waals surface area contributed by atoms with Crippen LogP contribution in [0.3, 0.4) is 0 Å². The summed E-state index contributed by atoms with van der Waals surface area (Å²) in [4.78, 5) is 42.7. The van der Waals surface area contributed by atoms with Crippen LogP contribution < -0.4 is 5.32 Å². The topological polar surface area (TPSA) is 91.5 Å². The molecule has 0 unspecified atom stereocenters. The number of aromatic nitrogens is 1. The number of esters is 1. The molecule has 0 aromatic carbocycles. The van der Waals surface area contributed by atoms with Crippen LogP contribution in [-0.4, -0.2) is 53.4 Å². The highest BCUT2D eigenvalue weighted by molar-refractivity contribution is 6.00. The van der Waals surface area contributed by atoms with Gasteiger partial charge in [-0.3, -0.25) is 9.59 Å². The standard InChI is InChI=1S/C24H37N3O4/c1-4-31-24(30)21-16(2)22(25-17(21)3)23(29)27-13-11-18(12-14-27)15-20(28)26-19-9-7-5-6-8-10-19/h18-19,25H,4-15H2,1-3H3,(H,26,28). The summed E-state index contributed by atoms with van der Waals surface area (Å²) in [5.74, 6) is -0.00770. The van der Waals surface area contributed by atoms with Crippen LogP contribution in [0.4, 0.5) is 0 Å². The lowest BCUT2D eigenvalue weighted by Gasteiger charge is -2.32. The van der Waals surface area contributed by atoms with Gasteiger partial charge in [-0.1, -0.05) is 25.7 Å². The van der Waals surface area contributed by atoms with Gasteiger partial charge in [0, 0.05) is 31.2 Å². The Morgan fingerprint density at radius 3 is 2.29 bits per heavy atom. The Labute approximate surface area is 185 Å². The monoisotopic (exact) mass is 431 g/mol. The third-order valence-electron chi connectivity index (χ3n) is 6.73. The molecule has 31 heavy (non-hydrogen) atoms. The number of nitrogens with one attached hydrogen (secondary N) is 2. The van der Waals surface area contributed by atoms with Crippen molar-refractivity contribution in [1.82, 2.24) is 15.2 Å². The number of nitrogens with zero attached hydrogens (tertiary/aromatic N) is 1. The molecule has 2 amide bonds. The molecule has 0 spiro atoms. The van der Waals surface area contributed by atoms with Crippen LogP contribution in [0.25, 0.3) is 0 Å². The largest absolute Gasteiger partial charge is 0.462 e. The fourth-order valence-electron chi connectivity index (χ4n) is 4.94. The first-order valence-corrected chi connectivity index (χ1v) is 11.9. The van der Waals surface area contributed by atoms with Crippen LogP contribution in [-0.2, 0) is 9.53 Å². The molecule has 2 fully saturated rings. The predicted molar refractivity (Wildman–Crippen MR) is 119 cm³/mol. The fourth-order valence-corrected chi connectivity index (χ4v) is 4.94. The van der Waals surface area contributed by atoms with Gasteiger partial charge in [-0.2, -0.15) is 0 Å². The zero-order valence-electron chi connectivity index (χ0n) is 19.2. The Kier molecular flexibility index (Phi) is 8.15. The zero-order chi connectivity index (χ0) is 22.4. The summed E-state index contributed by atoms with van der Waals surface area (Å²) in [6.45, 7) is 6.90. The molecule has 2 aliphatic rings. The second-order valence-corrected chi connectivity index (χ2v) is 9.04. The van der Waals surface area contributed by atoms with Crippen molar-refractivity contribution in [3.8, 4) is 0 Å². The Morgan fingerprint density at radius 2 is 1.68 bits per heavy atom. The lowest BCUT2D eigenvalue weighted by Crippen LogP contribution is -2.41. The van der Waals surface area contributed by atoms with E-state index >= 15 is 0 Å². The number of aromatic amines is 1. The van der Waals surface area contributed by atoms with Crippen molar-refractivity contribution in [1.29, 1.82) is 0 Å². The summed E-state index contributed by atoms with van der Waals surface area (Å²) in [5.41, 5.74) is 2.22. The lowest BCUT2D eigenvalue weighted by molar-refractivity contribution is -0.123. The molecule has 2 N–H and O–H groups in total. The van der Waals surface area contributed by atoms with Gasteiger partial charge in [0.05, 0.1) is 12.2 Å². The number of carbonyl (C=O) groups is 3. The Morgan fingerprint density at radius 1 is 1.03 bits per heavy atom. The number of ether oxygens (including phenoxy) is 1. The number of H-pyrrole nitrogens is 1. The van der Waals surface area contributed by atoms with Gasteiger partial charge < -0.3 is 19.9 Å². The maximum Gasteiger partial charge on any atom is 0.340 e. The maximum absolute atomic E-state index is 13.1. The van der Waals surface area contributed by atoms with E-state index < -0.39 is 5.97 Å². The van der Waals surface area contributed by atoms with E-state index in [0.29, 0.717) is 60.6 Å². The highest BCUT2D eigenvalue weighted by Crippen LogP contribution is 2.25. The van der Waals surface area contributed by atoms with Gasteiger partial charge in [0.2, 0.25) is 5.91 Å². The van der Waals surface area contributed by atoms with Crippen LogP contribution in [0.5, 0.6) is 0 Å². The van der Waals surface area contributed by atoms with E-state index in [-0.39, 0.29) is 11.8 Å². The number of carbonyl (C=O) groups excluding carboxylic acids is 3. The van der Waals surface area contributed by atoms with Gasteiger partial charge in [-0.15, -0.1) is 0 Å². The number of aryl methyl sites for hydroxylation is 1. The van der Waals surface area contributed by atoms with Gasteiger partial charge in [0.25, 0.3) is 5.91 Å². The van der Waals surface area contributed by atoms with Crippen LogP contribution >= 0.6 is 0 Å². The molecule has 0 bridgehead atoms. The fraction of sp³-hybridized carbons (Fsp3) is 0.708. The van der Waals surface area contributed by atoms with Gasteiger partial charge >= 0.3 is 5.97 Å². The third-order valence-corrected chi connectivity index (χ3v) is 6.73. The van der Waals surface area contributed by atoms with E-state index in [1.807, 2.05) is 4.90 Å². The third kappa shape index (κ3) is 5.89. The van der Waals surface area contributed by atoms with Gasteiger partial charge in [-0.05, 0) is 57.9 Å². The minimum Gasteiger partial charge on any atom is -0.462 e. The lowest BCUT2D eigenvalue weighted by atomic mass is 9.92. The van der Waals surface area contributed by atoms with Crippen molar-refractivity contribution in [2.75, 3.05) is 19.7 Å². The van der Waals surface area contributed by atoms with Crippen molar-refractivity contribution in [2.45, 2.75) is 84.6 Å². The second kappa shape index (κ2) is 10.8. The van der Waals surface area contributed by atoms with Crippen molar-refractivity contribution in [2.24, 2.45) is 5.92 Å². The molecule has 2 heterocycles. The molecule has 1 aromatic rings. The number of hydrogen-bond donors (Lipinski definition) is 2. The molecule has 1 aliphatic carbocycles. The number of hydrogen-bond acceptors (Lipinski definition) is 4. The van der Waals surface area contributed by atoms with E-state index in [1.165, 1.54) is 25.7 Å². The first kappa shape index (κ1) is 23.4. The zero-order valence-corrected chi connectivity index (χ0v) is 19.2. The summed E-state index contributed by atoms with van der Waals surface area (Å²) >= 11 is 0. The molecule has 172 valence electrons. The molecule has 7 nitrogen and oxygen atoms in total. The molecule has 0 atom stereocenters. The van der Waals surface area contributed by atoms with Crippen molar-refractivity contribution < 1.29 is 19.1 Å². The predicted octanol–water partition coefficient (Wildman–Crippen LogP) is 3.89. The molecule has 1 aromatic heterocycles. The average Bonchev–Trinajstić information content (AvgIpc) is 2.89. The average molecular weight is 432 g/mol. The van der Waals surface area contributed by atoms with E-state index in [2.05, 4.69) is 10.3 Å². The van der Waals surface area contributed by atoms with Crippen molar-refractivity contribution >= 4 is 17.8 Å². The highest BCUT2D eigenvalue weighted by atomic mass is 16.5. The minimum absolute atomic E-state index is 0.0856. The van der Waals surface area contributed by atoms with Crippen LogP contribution in [0.15, 0.2) is 0 Å². The summed E-state index contributed by atoms with van der Waals surface area (Å²) in [5, 5.41) is 3.24. The summed E-state index contributed by atoms with van der Waals surface area (Å²) in [6, 6.07) is 0.337. The van der Waals surface area contributed by atoms with Crippen molar-refractivity contribution in [3.63, 3.8) is 0 Å². The van der Waals surface area contributed by atoms with Crippen LogP contribution in [0.2, 0.25) is 0 Å². The quantitative estimate of drug-likeness (QED) is 0.528. The first-order valence-electron chi connectivity index (χ1n) is 11.9. The molecule has 1 aliphatic heterocycles. The molecular formula is C24H37N3O4. The first-order chi connectivity index (χ1) is 14.9. The Hall–Kier alpha value is -2.31. The number of rotatable bonds is 6. The van der Waals surface area contributed by atoms with Crippen LogP contribution in [0, 0.1) is 19.8 Å². The van der Waals surface area contributed by atoms with Gasteiger partial charge in [-0.25, -0.2) is 4.79 Å².